The molecule has 1 fully saturated rings. The second kappa shape index (κ2) is 8.59. The van der Waals surface area contributed by atoms with Crippen molar-refractivity contribution >= 4 is 23.2 Å². The van der Waals surface area contributed by atoms with Gasteiger partial charge in [-0.1, -0.05) is 30.7 Å². The third kappa shape index (κ3) is 4.59. The predicted octanol–water partition coefficient (Wildman–Crippen LogP) is 5.90. The van der Waals surface area contributed by atoms with Crippen molar-refractivity contribution in [3.8, 4) is 5.75 Å². The molecule has 138 valence electrons. The third-order valence-electron chi connectivity index (χ3n) is 5.59. The SMILES string of the molecule is COc1ccc([C@H]2CC[C@@H](C(C)C(=O)Nc3ccc(Cl)cc3)CC2)cc1. The number of halogens is 1. The van der Waals surface area contributed by atoms with Crippen LogP contribution in [-0.2, 0) is 4.79 Å². The molecule has 0 saturated heterocycles. The maximum atomic E-state index is 12.6. The summed E-state index contributed by atoms with van der Waals surface area (Å²) >= 11 is 5.89. The Labute approximate surface area is 160 Å². The van der Waals surface area contributed by atoms with Gasteiger partial charge in [0.2, 0.25) is 5.91 Å². The average molecular weight is 372 g/mol. The Morgan fingerprint density at radius 2 is 1.65 bits per heavy atom. The van der Waals surface area contributed by atoms with Gasteiger partial charge in [0.25, 0.3) is 0 Å². The molecule has 0 bridgehead atoms. The Hall–Kier alpha value is -2.00. The molecule has 2 aromatic rings. The molecule has 2 aromatic carbocycles. The lowest BCUT2D eigenvalue weighted by atomic mass is 9.74. The van der Waals surface area contributed by atoms with Crippen LogP contribution in [0.1, 0.15) is 44.1 Å². The van der Waals surface area contributed by atoms with Gasteiger partial charge in [0.05, 0.1) is 7.11 Å². The van der Waals surface area contributed by atoms with Gasteiger partial charge in [-0.25, -0.2) is 0 Å². The molecule has 1 atom stereocenters. The summed E-state index contributed by atoms with van der Waals surface area (Å²) in [7, 11) is 1.69. The number of carbonyl (C=O) groups is 1. The quantitative estimate of drug-likeness (QED) is 0.710. The van der Waals surface area contributed by atoms with Crippen LogP contribution >= 0.6 is 11.6 Å². The smallest absolute Gasteiger partial charge is 0.227 e. The summed E-state index contributed by atoms with van der Waals surface area (Å²) in [5.74, 6) is 2.04. The highest BCUT2D eigenvalue weighted by Crippen LogP contribution is 2.39. The van der Waals surface area contributed by atoms with Crippen molar-refractivity contribution in [1.29, 1.82) is 0 Å². The summed E-state index contributed by atoms with van der Waals surface area (Å²) in [5.41, 5.74) is 2.18. The Morgan fingerprint density at radius 3 is 2.23 bits per heavy atom. The molecule has 0 radical (unpaired) electrons. The van der Waals surface area contributed by atoms with Crippen LogP contribution in [0, 0.1) is 11.8 Å². The van der Waals surface area contributed by atoms with Crippen LogP contribution in [0.15, 0.2) is 48.5 Å². The number of amides is 1. The van der Waals surface area contributed by atoms with E-state index < -0.39 is 0 Å². The van der Waals surface area contributed by atoms with Crippen molar-refractivity contribution in [2.75, 3.05) is 12.4 Å². The van der Waals surface area contributed by atoms with Crippen LogP contribution in [0.2, 0.25) is 5.02 Å². The number of methoxy groups -OCH3 is 1. The molecule has 3 nitrogen and oxygen atoms in total. The second-order valence-electron chi connectivity index (χ2n) is 7.17. The number of nitrogens with one attached hydrogen (secondary N) is 1. The van der Waals surface area contributed by atoms with Crippen LogP contribution in [-0.4, -0.2) is 13.0 Å². The topological polar surface area (TPSA) is 38.3 Å². The van der Waals surface area contributed by atoms with E-state index in [1.807, 2.05) is 31.2 Å². The second-order valence-corrected chi connectivity index (χ2v) is 7.61. The van der Waals surface area contributed by atoms with E-state index in [0.29, 0.717) is 16.9 Å². The summed E-state index contributed by atoms with van der Waals surface area (Å²) in [6.07, 6.45) is 4.45. The van der Waals surface area contributed by atoms with E-state index in [9.17, 15) is 4.79 Å². The van der Waals surface area contributed by atoms with E-state index in [-0.39, 0.29) is 11.8 Å². The fourth-order valence-corrected chi connectivity index (χ4v) is 3.96. The standard InChI is InChI=1S/C22H26ClNO2/c1-15(22(25)24-20-11-9-19(23)10-12-20)16-3-5-17(6-4-16)18-7-13-21(26-2)14-8-18/h7-17H,3-6H2,1-2H3,(H,24,25)/t15?,16-,17+. The molecule has 0 heterocycles. The van der Waals surface area contributed by atoms with Crippen LogP contribution in [0.25, 0.3) is 0 Å². The summed E-state index contributed by atoms with van der Waals surface area (Å²) in [6.45, 7) is 2.05. The highest BCUT2D eigenvalue weighted by molar-refractivity contribution is 6.30. The van der Waals surface area contributed by atoms with E-state index in [1.54, 1.807) is 19.2 Å². The number of carbonyl (C=O) groups excluding carboxylic acids is 1. The minimum absolute atomic E-state index is 0.0162. The van der Waals surface area contributed by atoms with Gasteiger partial charge in [0, 0.05) is 16.6 Å². The number of anilines is 1. The fourth-order valence-electron chi connectivity index (χ4n) is 3.83. The number of hydrogen-bond donors (Lipinski definition) is 1. The number of hydrogen-bond acceptors (Lipinski definition) is 2. The summed E-state index contributed by atoms with van der Waals surface area (Å²) < 4.78 is 5.23. The first-order chi connectivity index (χ1) is 12.6. The fraction of sp³-hybridized carbons (Fsp3) is 0.409. The average Bonchev–Trinajstić information content (AvgIpc) is 2.69. The number of rotatable bonds is 5. The molecule has 1 N–H and O–H groups in total. The van der Waals surface area contributed by atoms with Crippen molar-refractivity contribution in [3.63, 3.8) is 0 Å². The van der Waals surface area contributed by atoms with Crippen molar-refractivity contribution in [3.05, 3.63) is 59.1 Å². The first-order valence-corrected chi connectivity index (χ1v) is 9.65. The lowest BCUT2D eigenvalue weighted by Crippen LogP contribution is -2.29. The highest BCUT2D eigenvalue weighted by atomic mass is 35.5. The van der Waals surface area contributed by atoms with Crippen LogP contribution < -0.4 is 10.1 Å². The number of benzene rings is 2. The van der Waals surface area contributed by atoms with Gasteiger partial charge in [0.15, 0.2) is 0 Å². The van der Waals surface area contributed by atoms with E-state index in [0.717, 1.165) is 37.1 Å². The van der Waals surface area contributed by atoms with Gasteiger partial charge in [-0.2, -0.15) is 0 Å². The predicted molar refractivity (Wildman–Crippen MR) is 107 cm³/mol. The Bertz CT molecular complexity index is 719. The van der Waals surface area contributed by atoms with Gasteiger partial charge in [0.1, 0.15) is 5.75 Å². The zero-order valence-electron chi connectivity index (χ0n) is 15.4. The first-order valence-electron chi connectivity index (χ1n) is 9.27. The van der Waals surface area contributed by atoms with Gasteiger partial charge in [-0.05, 0) is 79.5 Å². The highest BCUT2D eigenvalue weighted by Gasteiger charge is 2.29. The van der Waals surface area contributed by atoms with E-state index in [4.69, 9.17) is 16.3 Å². The van der Waals surface area contributed by atoms with Crippen LogP contribution in [0.4, 0.5) is 5.69 Å². The Kier molecular flexibility index (Phi) is 6.20. The first kappa shape index (κ1) is 18.8. The molecular weight excluding hydrogens is 346 g/mol. The molecule has 0 spiro atoms. The minimum atomic E-state index is 0.0162. The lowest BCUT2D eigenvalue weighted by molar-refractivity contribution is -0.121. The molecule has 0 aromatic heterocycles. The zero-order valence-corrected chi connectivity index (χ0v) is 16.1. The van der Waals surface area contributed by atoms with Crippen molar-refractivity contribution in [1.82, 2.24) is 0 Å². The van der Waals surface area contributed by atoms with Crippen LogP contribution in [0.3, 0.4) is 0 Å². The summed E-state index contributed by atoms with van der Waals surface area (Å²) in [6, 6.07) is 15.7. The van der Waals surface area contributed by atoms with E-state index in [2.05, 4.69) is 17.4 Å². The van der Waals surface area contributed by atoms with Crippen molar-refractivity contribution in [2.45, 2.75) is 38.5 Å². The maximum absolute atomic E-state index is 12.6. The van der Waals surface area contributed by atoms with Gasteiger partial charge in [-0.3, -0.25) is 4.79 Å². The Balaban J connectivity index is 1.53. The molecular formula is C22H26ClNO2. The normalized spacial score (nSPS) is 21.0. The molecule has 1 saturated carbocycles. The maximum Gasteiger partial charge on any atom is 0.227 e. The molecule has 26 heavy (non-hydrogen) atoms. The third-order valence-corrected chi connectivity index (χ3v) is 5.84. The van der Waals surface area contributed by atoms with E-state index in [1.165, 1.54) is 5.56 Å². The number of ether oxygens (including phenoxy) is 1. The molecule has 1 amide bonds. The zero-order chi connectivity index (χ0) is 18.5. The molecule has 3 rings (SSSR count). The van der Waals surface area contributed by atoms with Crippen molar-refractivity contribution in [2.24, 2.45) is 11.8 Å². The van der Waals surface area contributed by atoms with Crippen molar-refractivity contribution < 1.29 is 9.53 Å². The van der Waals surface area contributed by atoms with E-state index >= 15 is 0 Å². The molecule has 0 aliphatic heterocycles. The Morgan fingerprint density at radius 1 is 1.04 bits per heavy atom. The minimum Gasteiger partial charge on any atom is -0.497 e. The lowest BCUT2D eigenvalue weighted by Gasteiger charge is -2.32. The summed E-state index contributed by atoms with van der Waals surface area (Å²) in [4.78, 5) is 12.6. The van der Waals surface area contributed by atoms with Crippen LogP contribution in [0.5, 0.6) is 5.75 Å². The monoisotopic (exact) mass is 371 g/mol. The summed E-state index contributed by atoms with van der Waals surface area (Å²) in [5, 5.41) is 3.68. The molecule has 1 aliphatic rings. The largest absolute Gasteiger partial charge is 0.497 e. The van der Waals surface area contributed by atoms with Gasteiger partial charge in [-0.15, -0.1) is 0 Å². The van der Waals surface area contributed by atoms with Gasteiger partial charge < -0.3 is 10.1 Å². The molecule has 1 aliphatic carbocycles. The molecule has 1 unspecified atom stereocenters. The molecule has 4 heteroatoms. The van der Waals surface area contributed by atoms with Gasteiger partial charge >= 0.3 is 0 Å².